The highest BCUT2D eigenvalue weighted by Gasteiger charge is 2.16. The van der Waals surface area contributed by atoms with Crippen molar-refractivity contribution in [3.8, 4) is 5.75 Å². The molecule has 0 aliphatic rings. The number of rotatable bonds is 9. The number of sulfonamides is 1. The predicted molar refractivity (Wildman–Crippen MR) is 129 cm³/mol. The van der Waals surface area contributed by atoms with E-state index < -0.39 is 10.0 Å². The van der Waals surface area contributed by atoms with E-state index in [1.807, 2.05) is 43.5 Å². The van der Waals surface area contributed by atoms with Crippen LogP contribution in [0.4, 0.5) is 5.69 Å². The normalized spacial score (nSPS) is 12.1. The van der Waals surface area contributed by atoms with E-state index in [-0.39, 0.29) is 23.5 Å². The molecule has 0 saturated carbocycles. The number of hydrogen-bond donors (Lipinski definition) is 2. The lowest BCUT2D eigenvalue weighted by molar-refractivity contribution is -0.123. The molecule has 0 aromatic heterocycles. The minimum atomic E-state index is -3.72. The van der Waals surface area contributed by atoms with Crippen LogP contribution in [0.3, 0.4) is 0 Å². The first-order valence-electron chi connectivity index (χ1n) is 10.0. The quantitative estimate of drug-likeness (QED) is 0.440. The summed E-state index contributed by atoms with van der Waals surface area (Å²) in [7, 11) is -3.72. The molecule has 0 spiro atoms. The van der Waals surface area contributed by atoms with Gasteiger partial charge in [-0.25, -0.2) is 8.42 Å². The number of amides is 1. The Labute approximate surface area is 193 Å². The van der Waals surface area contributed by atoms with Crippen LogP contribution >= 0.6 is 11.8 Å². The number of aryl methyl sites for hydroxylation is 1. The molecule has 0 aliphatic heterocycles. The molecule has 0 saturated heterocycles. The van der Waals surface area contributed by atoms with Gasteiger partial charge in [0.1, 0.15) is 5.75 Å². The van der Waals surface area contributed by atoms with Gasteiger partial charge in [0.25, 0.3) is 15.9 Å². The highest BCUT2D eigenvalue weighted by Crippen LogP contribution is 2.24. The molecule has 8 heteroatoms. The summed E-state index contributed by atoms with van der Waals surface area (Å²) in [5, 5.41) is 2.91. The SMILES string of the molecule is CSc1ccc([C@H](C)NC(=O)COc2ccc(S(=O)(=O)Nc3ccccc3)cc2C)cc1. The second-order valence-electron chi connectivity index (χ2n) is 7.25. The highest BCUT2D eigenvalue weighted by molar-refractivity contribution is 7.98. The van der Waals surface area contributed by atoms with Gasteiger partial charge < -0.3 is 10.1 Å². The first-order chi connectivity index (χ1) is 15.3. The number of benzene rings is 3. The molecule has 3 aromatic carbocycles. The lowest BCUT2D eigenvalue weighted by Gasteiger charge is -2.16. The Kier molecular flexibility index (Phi) is 7.82. The first-order valence-corrected chi connectivity index (χ1v) is 12.7. The van der Waals surface area contributed by atoms with Gasteiger partial charge in [-0.15, -0.1) is 11.8 Å². The van der Waals surface area contributed by atoms with Crippen LogP contribution in [0.2, 0.25) is 0 Å². The molecule has 0 aliphatic carbocycles. The molecule has 3 aromatic rings. The molecular formula is C24H26N2O4S2. The third-order valence-electron chi connectivity index (χ3n) is 4.83. The van der Waals surface area contributed by atoms with Gasteiger partial charge in [-0.1, -0.05) is 30.3 Å². The number of anilines is 1. The number of carbonyl (C=O) groups excluding carboxylic acids is 1. The molecule has 3 rings (SSSR count). The van der Waals surface area contributed by atoms with Gasteiger partial charge in [0.2, 0.25) is 0 Å². The zero-order valence-electron chi connectivity index (χ0n) is 18.2. The van der Waals surface area contributed by atoms with Gasteiger partial charge in [-0.3, -0.25) is 9.52 Å². The Hall–Kier alpha value is -2.97. The smallest absolute Gasteiger partial charge is 0.261 e. The number of para-hydroxylation sites is 1. The lowest BCUT2D eigenvalue weighted by atomic mass is 10.1. The average molecular weight is 471 g/mol. The molecule has 0 bridgehead atoms. The summed E-state index contributed by atoms with van der Waals surface area (Å²) in [6, 6.07) is 21.1. The van der Waals surface area contributed by atoms with Crippen molar-refractivity contribution in [3.05, 3.63) is 83.9 Å². The maximum atomic E-state index is 12.6. The summed E-state index contributed by atoms with van der Waals surface area (Å²) in [4.78, 5) is 13.6. The third kappa shape index (κ3) is 6.27. The third-order valence-corrected chi connectivity index (χ3v) is 6.96. The van der Waals surface area contributed by atoms with Crippen LogP contribution in [0.15, 0.2) is 82.6 Å². The van der Waals surface area contributed by atoms with Gasteiger partial charge in [-0.2, -0.15) is 0 Å². The summed E-state index contributed by atoms with van der Waals surface area (Å²) in [6.45, 7) is 3.49. The van der Waals surface area contributed by atoms with Gasteiger partial charge in [0, 0.05) is 10.6 Å². The molecule has 0 heterocycles. The minimum absolute atomic E-state index is 0.123. The fourth-order valence-electron chi connectivity index (χ4n) is 3.07. The van der Waals surface area contributed by atoms with Gasteiger partial charge in [-0.05, 0) is 73.7 Å². The van der Waals surface area contributed by atoms with Crippen molar-refractivity contribution >= 4 is 33.4 Å². The fraction of sp³-hybridized carbons (Fsp3) is 0.208. The maximum absolute atomic E-state index is 12.6. The van der Waals surface area contributed by atoms with E-state index in [1.165, 1.54) is 12.1 Å². The van der Waals surface area contributed by atoms with Gasteiger partial charge in [0.05, 0.1) is 10.9 Å². The van der Waals surface area contributed by atoms with Crippen molar-refractivity contribution < 1.29 is 17.9 Å². The zero-order valence-corrected chi connectivity index (χ0v) is 19.8. The highest BCUT2D eigenvalue weighted by atomic mass is 32.2. The van der Waals surface area contributed by atoms with Crippen molar-refractivity contribution in [1.82, 2.24) is 5.32 Å². The van der Waals surface area contributed by atoms with Gasteiger partial charge >= 0.3 is 0 Å². The number of nitrogens with one attached hydrogen (secondary N) is 2. The summed E-state index contributed by atoms with van der Waals surface area (Å²) in [5.41, 5.74) is 2.11. The molecular weight excluding hydrogens is 444 g/mol. The molecule has 6 nitrogen and oxygen atoms in total. The van der Waals surface area contributed by atoms with Crippen LogP contribution in [0.5, 0.6) is 5.75 Å². The monoisotopic (exact) mass is 470 g/mol. The van der Waals surface area contributed by atoms with Crippen LogP contribution in [0.25, 0.3) is 0 Å². The van der Waals surface area contributed by atoms with Crippen molar-refractivity contribution in [2.45, 2.75) is 29.7 Å². The fourth-order valence-corrected chi connectivity index (χ4v) is 4.63. The molecule has 0 unspecified atom stereocenters. The van der Waals surface area contributed by atoms with Crippen LogP contribution < -0.4 is 14.8 Å². The lowest BCUT2D eigenvalue weighted by Crippen LogP contribution is -2.31. The largest absolute Gasteiger partial charge is 0.484 e. The van der Waals surface area contributed by atoms with E-state index in [4.69, 9.17) is 4.74 Å². The number of carbonyl (C=O) groups is 1. The molecule has 0 fully saturated rings. The summed E-state index contributed by atoms with van der Waals surface area (Å²) < 4.78 is 33.4. The number of thioether (sulfide) groups is 1. The van der Waals surface area contributed by atoms with Crippen molar-refractivity contribution in [2.75, 3.05) is 17.6 Å². The molecule has 0 radical (unpaired) electrons. The first kappa shape index (κ1) is 23.7. The predicted octanol–water partition coefficient (Wildman–Crippen LogP) is 4.77. The second kappa shape index (κ2) is 10.6. The Balaban J connectivity index is 1.58. The van der Waals surface area contributed by atoms with E-state index in [0.717, 1.165) is 10.5 Å². The van der Waals surface area contributed by atoms with Crippen LogP contribution in [-0.4, -0.2) is 27.2 Å². The standard InChI is InChI=1S/C24H26N2O4S2/c1-17-15-22(32(28,29)26-20-7-5-4-6-8-20)13-14-23(17)30-16-24(27)25-18(2)19-9-11-21(31-3)12-10-19/h4-15,18,26H,16H2,1-3H3,(H,25,27)/t18-/m0/s1. The Morgan fingerprint density at radius 3 is 2.34 bits per heavy atom. The zero-order chi connectivity index (χ0) is 23.1. The molecule has 168 valence electrons. The molecule has 2 N–H and O–H groups in total. The van der Waals surface area contributed by atoms with E-state index >= 15 is 0 Å². The number of hydrogen-bond acceptors (Lipinski definition) is 5. The van der Waals surface area contributed by atoms with Crippen molar-refractivity contribution in [3.63, 3.8) is 0 Å². The van der Waals surface area contributed by atoms with Gasteiger partial charge in [0.15, 0.2) is 6.61 Å². The van der Waals surface area contributed by atoms with Crippen LogP contribution in [-0.2, 0) is 14.8 Å². The Morgan fingerprint density at radius 2 is 1.72 bits per heavy atom. The summed E-state index contributed by atoms with van der Waals surface area (Å²) >= 11 is 1.66. The second-order valence-corrected chi connectivity index (χ2v) is 9.81. The number of ether oxygens (including phenoxy) is 1. The van der Waals surface area contributed by atoms with Crippen LogP contribution in [0, 0.1) is 6.92 Å². The topological polar surface area (TPSA) is 84.5 Å². The molecule has 1 amide bonds. The maximum Gasteiger partial charge on any atom is 0.261 e. The van der Waals surface area contributed by atoms with Crippen molar-refractivity contribution in [2.24, 2.45) is 0 Å². The van der Waals surface area contributed by atoms with E-state index in [1.54, 1.807) is 49.0 Å². The van der Waals surface area contributed by atoms with E-state index in [9.17, 15) is 13.2 Å². The molecule has 1 atom stereocenters. The Bertz CT molecular complexity index is 1160. The Morgan fingerprint density at radius 1 is 1.03 bits per heavy atom. The van der Waals surface area contributed by atoms with Crippen LogP contribution in [0.1, 0.15) is 24.1 Å². The summed E-state index contributed by atoms with van der Waals surface area (Å²) in [6.07, 6.45) is 2.02. The van der Waals surface area contributed by atoms with E-state index in [2.05, 4.69) is 10.0 Å². The average Bonchev–Trinajstić information content (AvgIpc) is 2.78. The molecule has 32 heavy (non-hydrogen) atoms. The van der Waals surface area contributed by atoms with Crippen molar-refractivity contribution in [1.29, 1.82) is 0 Å². The summed E-state index contributed by atoms with van der Waals surface area (Å²) in [5.74, 6) is 0.198. The van der Waals surface area contributed by atoms with E-state index in [0.29, 0.717) is 17.0 Å². The minimum Gasteiger partial charge on any atom is -0.484 e.